The van der Waals surface area contributed by atoms with E-state index in [1.165, 1.54) is 9.71 Å². The third kappa shape index (κ3) is 4.39. The molecule has 0 unspecified atom stereocenters. The Labute approximate surface area is 141 Å². The van der Waals surface area contributed by atoms with Crippen molar-refractivity contribution in [1.82, 2.24) is 14.3 Å². The summed E-state index contributed by atoms with van der Waals surface area (Å²) in [6.45, 7) is 0.859. The van der Waals surface area contributed by atoms with Crippen LogP contribution in [-0.2, 0) is 10.0 Å². The summed E-state index contributed by atoms with van der Waals surface area (Å²) in [6, 6.07) is 11.4. The maximum absolute atomic E-state index is 12.4. The first-order valence-corrected chi connectivity index (χ1v) is 9.31. The van der Waals surface area contributed by atoms with Crippen molar-refractivity contribution in [2.45, 2.75) is 18.9 Å². The van der Waals surface area contributed by atoms with E-state index in [0.717, 1.165) is 5.56 Å². The number of piperidine rings is 1. The zero-order valence-electron chi connectivity index (χ0n) is 13.2. The predicted molar refractivity (Wildman–Crippen MR) is 91.7 cm³/mol. The molecule has 2 aromatic rings. The minimum atomic E-state index is -3.41. The van der Waals surface area contributed by atoms with E-state index >= 15 is 0 Å². The second-order valence-electron chi connectivity index (χ2n) is 5.51. The third-order valence-electron chi connectivity index (χ3n) is 3.81. The van der Waals surface area contributed by atoms with Crippen LogP contribution in [0.1, 0.15) is 18.4 Å². The summed E-state index contributed by atoms with van der Waals surface area (Å²) in [4.78, 5) is 8.05. The molecule has 0 radical (unpaired) electrons. The number of ether oxygens (including phenoxy) is 1. The molecule has 0 aliphatic carbocycles. The topological polar surface area (TPSA) is 72.4 Å². The van der Waals surface area contributed by atoms with Crippen LogP contribution in [0.2, 0.25) is 0 Å². The summed E-state index contributed by atoms with van der Waals surface area (Å²) in [5.41, 5.74) is 0.862. The number of hydrogen-bond acceptors (Lipinski definition) is 5. The minimum absolute atomic E-state index is 0.0584. The van der Waals surface area contributed by atoms with Gasteiger partial charge in [0.1, 0.15) is 6.10 Å². The summed E-state index contributed by atoms with van der Waals surface area (Å²) in [5, 5.41) is 1.27. The van der Waals surface area contributed by atoms with Gasteiger partial charge >= 0.3 is 6.01 Å². The van der Waals surface area contributed by atoms with Gasteiger partial charge in [-0.1, -0.05) is 30.3 Å². The lowest BCUT2D eigenvalue weighted by atomic mass is 10.1. The maximum atomic E-state index is 12.4. The normalized spacial score (nSPS) is 17.2. The van der Waals surface area contributed by atoms with E-state index in [-0.39, 0.29) is 6.10 Å². The van der Waals surface area contributed by atoms with Gasteiger partial charge in [-0.15, -0.1) is 0 Å². The number of aromatic nitrogens is 2. The largest absolute Gasteiger partial charge is 0.460 e. The van der Waals surface area contributed by atoms with Crippen LogP contribution >= 0.6 is 0 Å². The van der Waals surface area contributed by atoms with E-state index in [0.29, 0.717) is 31.9 Å². The molecule has 126 valence electrons. The zero-order chi connectivity index (χ0) is 16.8. The molecule has 0 bridgehead atoms. The van der Waals surface area contributed by atoms with Gasteiger partial charge in [0.15, 0.2) is 0 Å². The summed E-state index contributed by atoms with van der Waals surface area (Å²) < 4.78 is 32.0. The lowest BCUT2D eigenvalue weighted by Gasteiger charge is -2.29. The smallest absolute Gasteiger partial charge is 0.316 e. The number of sulfonamides is 1. The lowest BCUT2D eigenvalue weighted by Crippen LogP contribution is -2.41. The fourth-order valence-electron chi connectivity index (χ4n) is 2.51. The molecule has 3 rings (SSSR count). The van der Waals surface area contributed by atoms with E-state index < -0.39 is 10.0 Å². The molecular weight excluding hydrogens is 326 g/mol. The standard InChI is InChI=1S/C17H19N3O3S/c21-24(22,14-9-15-5-2-1-3-6-15)20-12-7-16(8-13-20)23-17-18-10-4-11-19-17/h1-6,9-11,14,16H,7-8,12-13H2/b14-9+. The lowest BCUT2D eigenvalue weighted by molar-refractivity contribution is 0.124. The maximum Gasteiger partial charge on any atom is 0.316 e. The second kappa shape index (κ2) is 7.55. The second-order valence-corrected chi connectivity index (χ2v) is 7.32. The van der Waals surface area contributed by atoms with Gasteiger partial charge in [-0.05, 0) is 30.5 Å². The van der Waals surface area contributed by atoms with Crippen molar-refractivity contribution in [1.29, 1.82) is 0 Å². The Morgan fingerprint density at radius 1 is 1.04 bits per heavy atom. The molecule has 0 atom stereocenters. The van der Waals surface area contributed by atoms with Gasteiger partial charge in [0, 0.05) is 30.9 Å². The molecule has 6 nitrogen and oxygen atoms in total. The minimum Gasteiger partial charge on any atom is -0.460 e. The molecule has 24 heavy (non-hydrogen) atoms. The SMILES string of the molecule is O=S(=O)(/C=C/c1ccccc1)N1CCC(Oc2ncccn2)CC1. The molecule has 7 heteroatoms. The van der Waals surface area contributed by atoms with Crippen LogP contribution in [0.15, 0.2) is 54.2 Å². The summed E-state index contributed by atoms with van der Waals surface area (Å²) in [7, 11) is -3.41. The van der Waals surface area contributed by atoms with E-state index in [4.69, 9.17) is 4.74 Å². The van der Waals surface area contributed by atoms with E-state index in [9.17, 15) is 8.42 Å². The number of nitrogens with zero attached hydrogens (tertiary/aromatic N) is 3. The third-order valence-corrected chi connectivity index (χ3v) is 5.37. The Hall–Kier alpha value is -2.25. The van der Waals surface area contributed by atoms with Crippen molar-refractivity contribution in [3.63, 3.8) is 0 Å². The summed E-state index contributed by atoms with van der Waals surface area (Å²) >= 11 is 0. The van der Waals surface area contributed by atoms with Crippen LogP contribution in [-0.4, -0.2) is 41.9 Å². The quantitative estimate of drug-likeness (QED) is 0.831. The molecular formula is C17H19N3O3S. The van der Waals surface area contributed by atoms with Gasteiger partial charge < -0.3 is 4.74 Å². The Bertz CT molecular complexity index is 771. The molecule has 0 amide bonds. The Morgan fingerprint density at radius 3 is 2.38 bits per heavy atom. The first kappa shape index (κ1) is 16.6. The van der Waals surface area contributed by atoms with Crippen LogP contribution in [0, 0.1) is 0 Å². The fraction of sp³-hybridized carbons (Fsp3) is 0.294. The van der Waals surface area contributed by atoms with Crippen LogP contribution < -0.4 is 4.74 Å². The van der Waals surface area contributed by atoms with Gasteiger partial charge in [0.05, 0.1) is 0 Å². The van der Waals surface area contributed by atoms with Crippen molar-refractivity contribution >= 4 is 16.1 Å². The molecule has 1 aromatic heterocycles. The monoisotopic (exact) mass is 345 g/mol. The molecule has 2 heterocycles. The van der Waals surface area contributed by atoms with Crippen molar-refractivity contribution in [3.05, 3.63) is 59.8 Å². The highest BCUT2D eigenvalue weighted by Gasteiger charge is 2.27. The highest BCUT2D eigenvalue weighted by atomic mass is 32.2. The van der Waals surface area contributed by atoms with Gasteiger partial charge in [0.25, 0.3) is 0 Å². The van der Waals surface area contributed by atoms with Crippen LogP contribution in [0.5, 0.6) is 6.01 Å². The van der Waals surface area contributed by atoms with Gasteiger partial charge in [-0.25, -0.2) is 18.4 Å². The first-order chi connectivity index (χ1) is 11.6. The summed E-state index contributed by atoms with van der Waals surface area (Å²) in [5.74, 6) is 0. The highest BCUT2D eigenvalue weighted by molar-refractivity contribution is 7.92. The molecule has 0 spiro atoms. The average Bonchev–Trinajstić information content (AvgIpc) is 2.62. The molecule has 1 aromatic carbocycles. The van der Waals surface area contributed by atoms with Gasteiger partial charge in [-0.3, -0.25) is 0 Å². The van der Waals surface area contributed by atoms with Crippen LogP contribution in [0.3, 0.4) is 0 Å². The van der Waals surface area contributed by atoms with E-state index in [1.54, 1.807) is 24.5 Å². The van der Waals surface area contributed by atoms with Gasteiger partial charge in [-0.2, -0.15) is 4.31 Å². The van der Waals surface area contributed by atoms with Crippen molar-refractivity contribution < 1.29 is 13.2 Å². The molecule has 1 saturated heterocycles. The Kier molecular flexibility index (Phi) is 5.22. The zero-order valence-corrected chi connectivity index (χ0v) is 14.0. The first-order valence-electron chi connectivity index (χ1n) is 7.80. The van der Waals surface area contributed by atoms with Crippen molar-refractivity contribution in [3.8, 4) is 6.01 Å². The van der Waals surface area contributed by atoms with E-state index in [1.807, 2.05) is 30.3 Å². The molecule has 0 saturated carbocycles. The van der Waals surface area contributed by atoms with Gasteiger partial charge in [0.2, 0.25) is 10.0 Å². The Balaban J connectivity index is 1.56. The Morgan fingerprint density at radius 2 is 1.71 bits per heavy atom. The van der Waals surface area contributed by atoms with Crippen LogP contribution in [0.4, 0.5) is 0 Å². The predicted octanol–water partition coefficient (Wildman–Crippen LogP) is 2.32. The van der Waals surface area contributed by atoms with Crippen LogP contribution in [0.25, 0.3) is 6.08 Å². The number of rotatable bonds is 5. The number of hydrogen-bond donors (Lipinski definition) is 0. The molecule has 1 aliphatic heterocycles. The number of benzene rings is 1. The molecule has 1 fully saturated rings. The van der Waals surface area contributed by atoms with Crippen molar-refractivity contribution in [2.24, 2.45) is 0 Å². The van der Waals surface area contributed by atoms with Crippen molar-refractivity contribution in [2.75, 3.05) is 13.1 Å². The molecule has 0 N–H and O–H groups in total. The average molecular weight is 345 g/mol. The fourth-order valence-corrected chi connectivity index (χ4v) is 3.74. The highest BCUT2D eigenvalue weighted by Crippen LogP contribution is 2.19. The molecule has 1 aliphatic rings. The van der Waals surface area contributed by atoms with E-state index in [2.05, 4.69) is 9.97 Å². The summed E-state index contributed by atoms with van der Waals surface area (Å²) in [6.07, 6.45) is 6.05.